The number of ether oxygens (including phenoxy) is 3. The molecule has 2 rings (SSSR count). The molecule has 0 saturated carbocycles. The van der Waals surface area contributed by atoms with Crippen LogP contribution in [-0.4, -0.2) is 56.5 Å². The average Bonchev–Trinajstić information content (AvgIpc) is 2.85. The highest BCUT2D eigenvalue weighted by Crippen LogP contribution is 2.35. The zero-order valence-corrected chi connectivity index (χ0v) is 9.81. The van der Waals surface area contributed by atoms with Gasteiger partial charge in [0.15, 0.2) is 12.6 Å². The monoisotopic (exact) mass is 278 g/mol. The number of aliphatic carboxylic acids is 1. The van der Waals surface area contributed by atoms with Crippen LogP contribution in [0.5, 0.6) is 0 Å². The number of rotatable bonds is 3. The average molecular weight is 278 g/mol. The van der Waals surface area contributed by atoms with Crippen LogP contribution in [0.25, 0.3) is 0 Å². The van der Waals surface area contributed by atoms with Crippen molar-refractivity contribution in [1.82, 2.24) is 0 Å². The van der Waals surface area contributed by atoms with Gasteiger partial charge in [-0.25, -0.2) is 9.59 Å². The van der Waals surface area contributed by atoms with Crippen molar-refractivity contribution in [3.8, 4) is 0 Å². The minimum Gasteiger partial charge on any atom is -0.476 e. The molecule has 2 aliphatic heterocycles. The number of hydrogen-bond donors (Lipinski definition) is 4. The van der Waals surface area contributed by atoms with E-state index < -0.39 is 36.1 Å². The summed E-state index contributed by atoms with van der Waals surface area (Å²) in [5.41, 5.74) is 0. The van der Waals surface area contributed by atoms with E-state index in [1.54, 1.807) is 0 Å². The lowest BCUT2D eigenvalue weighted by atomic mass is 10.1. The Morgan fingerprint density at radius 1 is 1.11 bits per heavy atom. The van der Waals surface area contributed by atoms with Crippen LogP contribution in [0.2, 0.25) is 0 Å². The van der Waals surface area contributed by atoms with E-state index >= 15 is 0 Å². The molecule has 0 aromatic carbocycles. The fraction of sp³-hybridized carbons (Fsp3) is 0.800. The molecule has 4 atom stereocenters. The molecule has 0 aliphatic carbocycles. The molecule has 0 amide bonds. The smallest absolute Gasteiger partial charge is 0.377 e. The number of carbonyl (C=O) groups excluding carboxylic acids is 1. The summed E-state index contributed by atoms with van der Waals surface area (Å²) in [5.74, 6) is -7.72. The van der Waals surface area contributed by atoms with E-state index in [0.717, 1.165) is 0 Å². The Kier molecular flexibility index (Phi) is 3.49. The molecule has 19 heavy (non-hydrogen) atoms. The van der Waals surface area contributed by atoms with Gasteiger partial charge in [0.2, 0.25) is 0 Å². The third kappa shape index (κ3) is 2.55. The third-order valence-electron chi connectivity index (χ3n) is 3.01. The van der Waals surface area contributed by atoms with Crippen LogP contribution in [0, 0.1) is 0 Å². The van der Waals surface area contributed by atoms with Crippen molar-refractivity contribution in [3.05, 3.63) is 0 Å². The first kappa shape index (κ1) is 14.2. The van der Waals surface area contributed by atoms with Gasteiger partial charge in [0.25, 0.3) is 5.79 Å². The van der Waals surface area contributed by atoms with E-state index in [1.807, 2.05) is 0 Å². The lowest BCUT2D eigenvalue weighted by Gasteiger charge is -2.28. The minimum atomic E-state index is -2.40. The Balaban J connectivity index is 2.10. The Labute approximate surface area is 107 Å². The molecule has 9 heteroatoms. The summed E-state index contributed by atoms with van der Waals surface area (Å²) in [6, 6.07) is 0. The highest BCUT2D eigenvalue weighted by molar-refractivity contribution is 5.84. The molecule has 9 nitrogen and oxygen atoms in total. The third-order valence-corrected chi connectivity index (χ3v) is 3.01. The summed E-state index contributed by atoms with van der Waals surface area (Å²) in [6.45, 7) is 0. The zero-order chi connectivity index (χ0) is 14.3. The van der Waals surface area contributed by atoms with Crippen molar-refractivity contribution in [2.45, 2.75) is 49.8 Å². The van der Waals surface area contributed by atoms with Gasteiger partial charge < -0.3 is 34.6 Å². The molecule has 2 saturated heterocycles. The number of aliphatic hydroxyl groups is 3. The van der Waals surface area contributed by atoms with E-state index in [9.17, 15) is 19.8 Å². The van der Waals surface area contributed by atoms with Crippen LogP contribution >= 0.6 is 0 Å². The predicted octanol–water partition coefficient (Wildman–Crippen LogP) is -1.74. The molecule has 0 aromatic heterocycles. The van der Waals surface area contributed by atoms with Crippen molar-refractivity contribution in [1.29, 1.82) is 0 Å². The van der Waals surface area contributed by atoms with Crippen LogP contribution in [0.3, 0.4) is 0 Å². The molecule has 2 aliphatic rings. The molecule has 4 N–H and O–H groups in total. The maximum absolute atomic E-state index is 11.8. The summed E-state index contributed by atoms with van der Waals surface area (Å²) in [7, 11) is 0. The second kappa shape index (κ2) is 4.69. The van der Waals surface area contributed by atoms with Crippen molar-refractivity contribution < 1.29 is 44.2 Å². The van der Waals surface area contributed by atoms with Crippen molar-refractivity contribution in [3.63, 3.8) is 0 Å². The van der Waals surface area contributed by atoms with Crippen molar-refractivity contribution in [2.75, 3.05) is 0 Å². The lowest BCUT2D eigenvalue weighted by Crippen LogP contribution is -2.50. The topological polar surface area (TPSA) is 143 Å². The Morgan fingerprint density at radius 3 is 2.11 bits per heavy atom. The van der Waals surface area contributed by atoms with E-state index in [2.05, 4.69) is 9.47 Å². The van der Waals surface area contributed by atoms with E-state index in [1.165, 1.54) is 0 Å². The summed E-state index contributed by atoms with van der Waals surface area (Å²) >= 11 is 0. The number of carbonyl (C=O) groups is 2. The van der Waals surface area contributed by atoms with Crippen LogP contribution in [-0.2, 0) is 23.8 Å². The fourth-order valence-corrected chi connectivity index (χ4v) is 1.97. The van der Waals surface area contributed by atoms with Crippen LogP contribution in [0.15, 0.2) is 0 Å². The van der Waals surface area contributed by atoms with Gasteiger partial charge in [0, 0.05) is 25.7 Å². The molecule has 2 heterocycles. The zero-order valence-electron chi connectivity index (χ0n) is 9.81. The molecule has 4 unspecified atom stereocenters. The van der Waals surface area contributed by atoms with E-state index in [0.29, 0.717) is 0 Å². The maximum Gasteiger partial charge on any atom is 0.377 e. The summed E-state index contributed by atoms with van der Waals surface area (Å²) in [4.78, 5) is 22.9. The van der Waals surface area contributed by atoms with Gasteiger partial charge >= 0.3 is 17.7 Å². The highest BCUT2D eigenvalue weighted by atomic mass is 16.8. The SMILES string of the molecule is O=C(OC1(C(=O)O)CCC(O)O1)C1(O)CCC(O)O1. The molecule has 0 bridgehead atoms. The molecule has 108 valence electrons. The van der Waals surface area contributed by atoms with Gasteiger partial charge in [-0.15, -0.1) is 0 Å². The van der Waals surface area contributed by atoms with Gasteiger partial charge in [-0.3, -0.25) is 0 Å². The largest absolute Gasteiger partial charge is 0.476 e. The fourth-order valence-electron chi connectivity index (χ4n) is 1.97. The van der Waals surface area contributed by atoms with Gasteiger partial charge in [-0.05, 0) is 0 Å². The Hall–Kier alpha value is -1.26. The number of esters is 1. The van der Waals surface area contributed by atoms with Gasteiger partial charge in [-0.2, -0.15) is 0 Å². The van der Waals surface area contributed by atoms with Crippen molar-refractivity contribution in [2.24, 2.45) is 0 Å². The molecule has 0 aromatic rings. The van der Waals surface area contributed by atoms with Crippen LogP contribution < -0.4 is 0 Å². The maximum atomic E-state index is 11.8. The molecule has 0 spiro atoms. The van der Waals surface area contributed by atoms with E-state index in [4.69, 9.17) is 14.9 Å². The highest BCUT2D eigenvalue weighted by Gasteiger charge is 2.55. The van der Waals surface area contributed by atoms with Crippen molar-refractivity contribution >= 4 is 11.9 Å². The number of aliphatic hydroxyl groups excluding tert-OH is 2. The first-order valence-corrected chi connectivity index (χ1v) is 5.68. The minimum absolute atomic E-state index is 0.00908. The van der Waals surface area contributed by atoms with Gasteiger partial charge in [0.1, 0.15) is 0 Å². The first-order valence-electron chi connectivity index (χ1n) is 5.68. The second-order valence-corrected chi connectivity index (χ2v) is 4.45. The number of carboxylic acid groups (broad SMARTS) is 1. The van der Waals surface area contributed by atoms with Crippen LogP contribution in [0.1, 0.15) is 25.7 Å². The molecule has 2 fully saturated rings. The molecule has 0 radical (unpaired) electrons. The molecular formula is C10H14O9. The van der Waals surface area contributed by atoms with Gasteiger partial charge in [-0.1, -0.05) is 0 Å². The second-order valence-electron chi connectivity index (χ2n) is 4.45. The Morgan fingerprint density at radius 2 is 1.68 bits per heavy atom. The summed E-state index contributed by atoms with van der Waals surface area (Å²) < 4.78 is 14.0. The Bertz CT molecular complexity index is 396. The standard InChI is InChI=1S/C10H14O9/c11-5-1-3-9(16,17-5)8(15)19-10(7(13)14)4-2-6(12)18-10/h5-6,11-12,16H,1-4H2,(H,13,14). The quantitative estimate of drug-likeness (QED) is 0.442. The van der Waals surface area contributed by atoms with Gasteiger partial charge in [0.05, 0.1) is 0 Å². The first-order chi connectivity index (χ1) is 8.77. The summed E-state index contributed by atoms with van der Waals surface area (Å²) in [5, 5.41) is 37.1. The molecular weight excluding hydrogens is 264 g/mol. The predicted molar refractivity (Wildman–Crippen MR) is 54.1 cm³/mol. The van der Waals surface area contributed by atoms with Crippen LogP contribution in [0.4, 0.5) is 0 Å². The van der Waals surface area contributed by atoms with E-state index in [-0.39, 0.29) is 25.7 Å². The number of hydrogen-bond acceptors (Lipinski definition) is 8. The summed E-state index contributed by atoms with van der Waals surface area (Å²) in [6.07, 6.45) is -3.20. The number of carboxylic acids is 1. The lowest BCUT2D eigenvalue weighted by molar-refractivity contribution is -0.287. The normalized spacial score (nSPS) is 42.3.